The molecule has 9 heteroatoms. The van der Waals surface area contributed by atoms with Crippen LogP contribution in [0.3, 0.4) is 0 Å². The fourth-order valence-electron chi connectivity index (χ4n) is 1.96. The maximum absolute atomic E-state index is 12.1. The molecule has 0 saturated carbocycles. The van der Waals surface area contributed by atoms with E-state index in [1.807, 2.05) is 0 Å². The highest BCUT2D eigenvalue weighted by atomic mass is 32.2. The minimum absolute atomic E-state index is 0.0854. The first-order chi connectivity index (χ1) is 10.7. The molecule has 2 aromatic rings. The highest BCUT2D eigenvalue weighted by Crippen LogP contribution is 2.20. The molecule has 2 aromatic carbocycles. The van der Waals surface area contributed by atoms with Crippen LogP contribution in [-0.2, 0) is 10.0 Å². The number of aryl methyl sites for hydroxylation is 1. The number of nitro groups is 1. The van der Waals surface area contributed by atoms with Gasteiger partial charge < -0.3 is 5.32 Å². The van der Waals surface area contributed by atoms with Crippen LogP contribution in [0.25, 0.3) is 0 Å². The van der Waals surface area contributed by atoms with Gasteiger partial charge >= 0.3 is 0 Å². The fourth-order valence-corrected chi connectivity index (χ4v) is 2.52. The topological polar surface area (TPSA) is 132 Å². The van der Waals surface area contributed by atoms with Gasteiger partial charge in [-0.1, -0.05) is 6.07 Å². The normalized spacial score (nSPS) is 11.0. The first kappa shape index (κ1) is 16.6. The molecule has 23 heavy (non-hydrogen) atoms. The van der Waals surface area contributed by atoms with Gasteiger partial charge in [0.25, 0.3) is 11.6 Å². The predicted molar refractivity (Wildman–Crippen MR) is 83.6 cm³/mol. The van der Waals surface area contributed by atoms with E-state index in [4.69, 9.17) is 5.14 Å². The summed E-state index contributed by atoms with van der Waals surface area (Å²) in [4.78, 5) is 22.2. The van der Waals surface area contributed by atoms with Crippen molar-refractivity contribution >= 4 is 27.3 Å². The predicted octanol–water partition coefficient (Wildman–Crippen LogP) is 1.80. The molecule has 0 aliphatic rings. The van der Waals surface area contributed by atoms with Crippen molar-refractivity contribution < 1.29 is 18.1 Å². The van der Waals surface area contributed by atoms with E-state index < -0.39 is 20.9 Å². The summed E-state index contributed by atoms with van der Waals surface area (Å²) in [5, 5.41) is 18.3. The Kier molecular flexibility index (Phi) is 4.43. The van der Waals surface area contributed by atoms with Crippen LogP contribution >= 0.6 is 0 Å². The molecule has 0 aromatic heterocycles. The van der Waals surface area contributed by atoms with E-state index in [9.17, 15) is 23.3 Å². The minimum Gasteiger partial charge on any atom is -0.322 e. The second kappa shape index (κ2) is 6.15. The third kappa shape index (κ3) is 3.90. The van der Waals surface area contributed by atoms with Crippen molar-refractivity contribution in [3.05, 3.63) is 63.7 Å². The zero-order valence-corrected chi connectivity index (χ0v) is 12.8. The summed E-state index contributed by atoms with van der Waals surface area (Å²) in [6, 6.07) is 9.43. The average molecular weight is 335 g/mol. The average Bonchev–Trinajstić information content (AvgIpc) is 2.46. The SMILES string of the molecule is Cc1cc(C(=O)Nc2cccc(S(N)(=O)=O)c2)ccc1[N+](=O)[O-]. The van der Waals surface area contributed by atoms with Crippen LogP contribution in [0.15, 0.2) is 47.4 Å². The molecule has 0 unspecified atom stereocenters. The second-order valence-corrected chi connectivity index (χ2v) is 6.35. The summed E-state index contributed by atoms with van der Waals surface area (Å²) in [6.07, 6.45) is 0. The Labute approximate surface area is 132 Å². The molecule has 0 saturated heterocycles. The number of nitrogens with one attached hydrogen (secondary N) is 1. The zero-order chi connectivity index (χ0) is 17.2. The van der Waals surface area contributed by atoms with Gasteiger partial charge in [0.15, 0.2) is 0 Å². The first-order valence-electron chi connectivity index (χ1n) is 6.38. The molecule has 0 aliphatic carbocycles. The van der Waals surface area contributed by atoms with E-state index >= 15 is 0 Å². The summed E-state index contributed by atoms with van der Waals surface area (Å²) in [5.41, 5.74) is 0.727. The van der Waals surface area contributed by atoms with Crippen LogP contribution in [0, 0.1) is 17.0 Å². The van der Waals surface area contributed by atoms with E-state index in [1.165, 1.54) is 49.4 Å². The highest BCUT2D eigenvalue weighted by Gasteiger charge is 2.15. The van der Waals surface area contributed by atoms with Gasteiger partial charge in [-0.05, 0) is 37.3 Å². The molecule has 8 nitrogen and oxygen atoms in total. The zero-order valence-electron chi connectivity index (χ0n) is 12.0. The number of benzene rings is 2. The number of amides is 1. The van der Waals surface area contributed by atoms with E-state index in [0.717, 1.165) is 0 Å². The van der Waals surface area contributed by atoms with Crippen molar-refractivity contribution in [1.82, 2.24) is 0 Å². The number of hydrogen-bond acceptors (Lipinski definition) is 5. The first-order valence-corrected chi connectivity index (χ1v) is 7.92. The van der Waals surface area contributed by atoms with Crippen LogP contribution in [0.1, 0.15) is 15.9 Å². The Morgan fingerprint density at radius 3 is 2.48 bits per heavy atom. The van der Waals surface area contributed by atoms with Crippen LogP contribution in [0.2, 0.25) is 0 Å². The molecule has 0 aliphatic heterocycles. The van der Waals surface area contributed by atoms with Gasteiger partial charge in [0.2, 0.25) is 10.0 Å². The Bertz CT molecular complexity index is 893. The molecule has 2 rings (SSSR count). The minimum atomic E-state index is -3.87. The molecule has 0 heterocycles. The monoisotopic (exact) mass is 335 g/mol. The number of carbonyl (C=O) groups excluding carboxylic acids is 1. The van der Waals surface area contributed by atoms with Gasteiger partial charge in [-0.25, -0.2) is 13.6 Å². The van der Waals surface area contributed by atoms with Gasteiger partial charge in [-0.2, -0.15) is 0 Å². The Morgan fingerprint density at radius 2 is 1.91 bits per heavy atom. The molecular formula is C14H13N3O5S. The van der Waals surface area contributed by atoms with Crippen LogP contribution < -0.4 is 10.5 Å². The van der Waals surface area contributed by atoms with Crippen molar-refractivity contribution in [2.45, 2.75) is 11.8 Å². The number of primary sulfonamides is 1. The number of carbonyl (C=O) groups is 1. The molecular weight excluding hydrogens is 322 g/mol. The lowest BCUT2D eigenvalue weighted by atomic mass is 10.1. The van der Waals surface area contributed by atoms with Crippen LogP contribution in [0.5, 0.6) is 0 Å². The number of hydrogen-bond donors (Lipinski definition) is 2. The molecule has 0 atom stereocenters. The number of nitrogens with zero attached hydrogens (tertiary/aromatic N) is 1. The summed E-state index contributed by atoms with van der Waals surface area (Å²) in [7, 11) is -3.87. The van der Waals surface area contributed by atoms with E-state index in [1.54, 1.807) is 0 Å². The Hall–Kier alpha value is -2.78. The highest BCUT2D eigenvalue weighted by molar-refractivity contribution is 7.89. The summed E-state index contributed by atoms with van der Waals surface area (Å²) in [5.74, 6) is -0.519. The van der Waals surface area contributed by atoms with Crippen molar-refractivity contribution in [3.63, 3.8) is 0 Å². The van der Waals surface area contributed by atoms with Gasteiger partial charge in [0.1, 0.15) is 0 Å². The summed E-state index contributed by atoms with van der Waals surface area (Å²) in [6.45, 7) is 1.52. The lowest BCUT2D eigenvalue weighted by molar-refractivity contribution is -0.385. The van der Waals surface area contributed by atoms with Gasteiger partial charge in [-0.3, -0.25) is 14.9 Å². The standard InChI is InChI=1S/C14H13N3O5S/c1-9-7-10(5-6-13(9)17(19)20)14(18)16-11-3-2-4-12(8-11)23(15,21)22/h2-8H,1H3,(H,16,18)(H2,15,21,22). The molecule has 120 valence electrons. The van der Waals surface area contributed by atoms with Crippen molar-refractivity contribution in [2.24, 2.45) is 5.14 Å². The number of rotatable bonds is 4. The van der Waals surface area contributed by atoms with Crippen molar-refractivity contribution in [2.75, 3.05) is 5.32 Å². The number of anilines is 1. The Morgan fingerprint density at radius 1 is 1.22 bits per heavy atom. The fraction of sp³-hybridized carbons (Fsp3) is 0.0714. The maximum Gasteiger partial charge on any atom is 0.272 e. The van der Waals surface area contributed by atoms with E-state index in [-0.39, 0.29) is 21.8 Å². The summed E-state index contributed by atoms with van der Waals surface area (Å²) < 4.78 is 22.6. The smallest absolute Gasteiger partial charge is 0.272 e. The second-order valence-electron chi connectivity index (χ2n) is 4.79. The third-order valence-corrected chi connectivity index (χ3v) is 3.99. The van der Waals surface area contributed by atoms with E-state index in [2.05, 4.69) is 5.32 Å². The molecule has 0 fully saturated rings. The molecule has 0 bridgehead atoms. The summed E-state index contributed by atoms with van der Waals surface area (Å²) >= 11 is 0. The van der Waals surface area contributed by atoms with Gasteiger partial charge in [-0.15, -0.1) is 0 Å². The lowest BCUT2D eigenvalue weighted by Crippen LogP contribution is -2.15. The van der Waals surface area contributed by atoms with Crippen molar-refractivity contribution in [1.29, 1.82) is 0 Å². The van der Waals surface area contributed by atoms with Gasteiger partial charge in [0.05, 0.1) is 9.82 Å². The molecule has 0 spiro atoms. The molecule has 0 radical (unpaired) electrons. The van der Waals surface area contributed by atoms with Crippen LogP contribution in [-0.4, -0.2) is 19.2 Å². The largest absolute Gasteiger partial charge is 0.322 e. The Balaban J connectivity index is 2.26. The third-order valence-electron chi connectivity index (χ3n) is 3.08. The van der Waals surface area contributed by atoms with Gasteiger partial charge in [0, 0.05) is 22.9 Å². The maximum atomic E-state index is 12.1. The lowest BCUT2D eigenvalue weighted by Gasteiger charge is -2.07. The van der Waals surface area contributed by atoms with Crippen molar-refractivity contribution in [3.8, 4) is 0 Å². The quantitative estimate of drug-likeness (QED) is 0.649. The number of sulfonamides is 1. The van der Waals surface area contributed by atoms with Crippen LogP contribution in [0.4, 0.5) is 11.4 Å². The number of nitro benzene ring substituents is 1. The van der Waals surface area contributed by atoms with E-state index in [0.29, 0.717) is 5.56 Å². The number of nitrogens with two attached hydrogens (primary N) is 1. The molecule has 3 N–H and O–H groups in total. The molecule has 1 amide bonds.